The molecule has 0 unspecified atom stereocenters. The summed E-state index contributed by atoms with van der Waals surface area (Å²) in [6.07, 6.45) is 9.25. The second-order valence-electron chi connectivity index (χ2n) is 20.7. The summed E-state index contributed by atoms with van der Waals surface area (Å²) in [5.74, 6) is 2.33. The average molecular weight is 926 g/mol. The van der Waals surface area contributed by atoms with Crippen molar-refractivity contribution in [3.05, 3.63) is 141 Å². The molecule has 0 fully saturated rings. The minimum absolute atomic E-state index is 0.510. The van der Waals surface area contributed by atoms with Gasteiger partial charge in [0.25, 0.3) is 0 Å². The van der Waals surface area contributed by atoms with Crippen molar-refractivity contribution in [1.29, 1.82) is 0 Å². The molecule has 8 aromatic rings. The summed E-state index contributed by atoms with van der Waals surface area (Å²) in [7, 11) is 0. The molecule has 4 nitrogen and oxygen atoms in total. The lowest BCUT2D eigenvalue weighted by molar-refractivity contribution is 0.619. The minimum atomic E-state index is 0.510. The highest BCUT2D eigenvalue weighted by atomic mass is 79.9. The maximum atomic E-state index is 3.55. The monoisotopic (exact) mass is 925 g/mol. The van der Waals surface area contributed by atoms with Crippen LogP contribution in [0.1, 0.15) is 198 Å². The highest BCUT2D eigenvalue weighted by Gasteiger charge is 2.16. The Hall–Kier alpha value is -4.48. The Morgan fingerprint density at radius 2 is 0.531 bits per heavy atom. The van der Waals surface area contributed by atoms with Crippen LogP contribution in [-0.4, -0.2) is 18.3 Å². The van der Waals surface area contributed by atoms with Crippen LogP contribution in [0.25, 0.3) is 43.6 Å². The molecule has 0 N–H and O–H groups in total. The first kappa shape index (κ1) is 50.5. The predicted octanol–water partition coefficient (Wildman–Crippen LogP) is 19.1. The third kappa shape index (κ3) is 11.3. The number of hydrogen-bond acceptors (Lipinski definition) is 0. The number of nitrogens with zero attached hydrogens (tertiary/aromatic N) is 4. The molecule has 5 heteroatoms. The van der Waals surface area contributed by atoms with E-state index in [0.29, 0.717) is 47.8 Å². The van der Waals surface area contributed by atoms with Crippen LogP contribution in [-0.2, 0) is 0 Å². The van der Waals surface area contributed by atoms with Crippen LogP contribution >= 0.6 is 15.9 Å². The Bertz CT molecular complexity index is 2400. The van der Waals surface area contributed by atoms with Crippen LogP contribution in [0.15, 0.2) is 102 Å². The number of aromatic nitrogens is 4. The fourth-order valence-corrected chi connectivity index (χ4v) is 9.35. The topological polar surface area (TPSA) is 19.7 Å². The van der Waals surface area contributed by atoms with Gasteiger partial charge in [0.2, 0.25) is 0 Å². The lowest BCUT2D eigenvalue weighted by Gasteiger charge is -2.08. The molecule has 4 heterocycles. The first-order chi connectivity index (χ1) is 30.0. The van der Waals surface area contributed by atoms with Crippen molar-refractivity contribution in [3.8, 4) is 0 Å². The largest absolute Gasteiger partial charge is 0.345 e. The molecule has 8 rings (SSSR count). The zero-order chi connectivity index (χ0) is 47.5. The summed E-state index contributed by atoms with van der Waals surface area (Å²) in [6.45, 7) is 42.5. The summed E-state index contributed by atoms with van der Waals surface area (Å²) in [5, 5.41) is 5.63. The van der Waals surface area contributed by atoms with Crippen molar-refractivity contribution in [3.63, 3.8) is 0 Å². The van der Waals surface area contributed by atoms with Crippen molar-refractivity contribution in [1.82, 2.24) is 18.3 Å². The van der Waals surface area contributed by atoms with Gasteiger partial charge in [0, 0.05) is 97.0 Å². The number of hydrogen-bond donors (Lipinski definition) is 0. The van der Waals surface area contributed by atoms with E-state index in [-0.39, 0.29) is 0 Å². The summed E-state index contributed by atoms with van der Waals surface area (Å²) < 4.78 is 10.7. The fourth-order valence-electron chi connectivity index (χ4n) is 8.99. The second-order valence-corrected chi connectivity index (χ2v) is 21.6. The zero-order valence-corrected chi connectivity index (χ0v) is 44.6. The summed E-state index contributed by atoms with van der Waals surface area (Å²) in [4.78, 5) is 0. The van der Waals surface area contributed by atoms with Crippen molar-refractivity contribution in [2.75, 3.05) is 0 Å². The Balaban J connectivity index is 0.000000161. The summed E-state index contributed by atoms with van der Waals surface area (Å²) in [6, 6.07) is 28.9. The highest BCUT2D eigenvalue weighted by molar-refractivity contribution is 9.10. The molecule has 0 aliphatic rings. The van der Waals surface area contributed by atoms with E-state index in [1.54, 1.807) is 0 Å². The third-order valence-corrected chi connectivity index (χ3v) is 13.1. The first-order valence-corrected chi connectivity index (χ1v) is 24.9. The van der Waals surface area contributed by atoms with Crippen LogP contribution in [0.2, 0.25) is 0 Å². The van der Waals surface area contributed by atoms with Gasteiger partial charge in [0.15, 0.2) is 0 Å². The molecule has 0 radical (unpaired) electrons. The van der Waals surface area contributed by atoms with Crippen LogP contribution in [0.3, 0.4) is 0 Å². The van der Waals surface area contributed by atoms with Crippen LogP contribution in [0.5, 0.6) is 0 Å². The molecule has 64 heavy (non-hydrogen) atoms. The number of rotatable bonds is 8. The number of aryl methyl sites for hydroxylation is 3. The van der Waals surface area contributed by atoms with E-state index in [9.17, 15) is 0 Å². The van der Waals surface area contributed by atoms with Gasteiger partial charge in [-0.15, -0.1) is 0 Å². The quantitative estimate of drug-likeness (QED) is 0.145. The molecule has 0 amide bonds. The number of fused-ring (bicyclic) bond motifs is 4. The van der Waals surface area contributed by atoms with E-state index in [4.69, 9.17) is 0 Å². The van der Waals surface area contributed by atoms with Gasteiger partial charge in [-0.3, -0.25) is 0 Å². The summed E-state index contributed by atoms with van der Waals surface area (Å²) >= 11 is 3.55. The van der Waals surface area contributed by atoms with Crippen LogP contribution in [0.4, 0.5) is 0 Å². The van der Waals surface area contributed by atoms with E-state index in [1.165, 1.54) is 82.6 Å². The van der Waals surface area contributed by atoms with Gasteiger partial charge in [0.05, 0.1) is 0 Å². The van der Waals surface area contributed by atoms with Crippen molar-refractivity contribution in [2.45, 2.75) is 179 Å². The lowest BCUT2D eigenvalue weighted by Crippen LogP contribution is -1.97. The molecule has 0 spiro atoms. The Morgan fingerprint density at radius 3 is 0.750 bits per heavy atom. The molecular weight excluding hydrogens is 845 g/mol. The minimum Gasteiger partial charge on any atom is -0.345 e. The molecule has 4 aromatic carbocycles. The van der Waals surface area contributed by atoms with E-state index in [0.717, 1.165) is 4.47 Å². The number of benzene rings is 4. The molecule has 0 aliphatic carbocycles. The van der Waals surface area contributed by atoms with E-state index >= 15 is 0 Å². The highest BCUT2D eigenvalue weighted by Crippen LogP contribution is 2.34. The van der Waals surface area contributed by atoms with Gasteiger partial charge in [-0.25, -0.2) is 0 Å². The van der Waals surface area contributed by atoms with Gasteiger partial charge in [-0.2, -0.15) is 0 Å². The van der Waals surface area contributed by atoms with Gasteiger partial charge in [-0.1, -0.05) is 106 Å². The standard InChI is InChI=1S/3C15H21N.C14H18BrN/c3*1-10(2)14-9-16(11(3)4)15-7-6-12(5)8-13(14)15;1-9(2)13-8-16(10(3)4)14-6-5-11(15)7-12(13)14/h3*6-11H,1-5H3;5-10H,1-4H3. The molecular formula is C59H81BrN4. The first-order valence-electron chi connectivity index (χ1n) is 24.1. The van der Waals surface area contributed by atoms with Crippen molar-refractivity contribution < 1.29 is 0 Å². The molecule has 344 valence electrons. The van der Waals surface area contributed by atoms with Crippen molar-refractivity contribution in [2.24, 2.45) is 0 Å². The summed E-state index contributed by atoms with van der Waals surface area (Å²) in [5.41, 5.74) is 15.3. The second kappa shape index (κ2) is 21.2. The van der Waals surface area contributed by atoms with Gasteiger partial charge in [-0.05, 0) is 177 Å². The smallest absolute Gasteiger partial charge is 0.0486 e. The molecule has 0 atom stereocenters. The van der Waals surface area contributed by atoms with E-state index < -0.39 is 0 Å². The Kier molecular flexibility index (Phi) is 16.8. The van der Waals surface area contributed by atoms with Gasteiger partial charge in [0.1, 0.15) is 0 Å². The third-order valence-electron chi connectivity index (χ3n) is 12.6. The normalized spacial score (nSPS) is 11.9. The fraction of sp³-hybridized carbons (Fsp3) is 0.458. The molecule has 0 saturated carbocycles. The zero-order valence-electron chi connectivity index (χ0n) is 43.0. The molecule has 0 bridgehead atoms. The van der Waals surface area contributed by atoms with Gasteiger partial charge < -0.3 is 18.3 Å². The maximum absolute atomic E-state index is 3.55. The van der Waals surface area contributed by atoms with Crippen LogP contribution in [0, 0.1) is 20.8 Å². The molecule has 4 aromatic heterocycles. The Labute approximate surface area is 396 Å². The SMILES string of the molecule is CC(C)c1cn(C(C)C)c2ccc(Br)cc12.Cc1ccc2c(c1)c(C(C)C)cn2C(C)C.Cc1ccc2c(c1)c(C(C)C)cn2C(C)C.Cc1ccc2c(c1)c(C(C)C)cn2C(C)C. The molecule has 0 aliphatic heterocycles. The van der Waals surface area contributed by atoms with E-state index in [2.05, 4.69) is 263 Å². The maximum Gasteiger partial charge on any atom is 0.0486 e. The van der Waals surface area contributed by atoms with E-state index in [1.807, 2.05) is 0 Å². The Morgan fingerprint density at radius 1 is 0.312 bits per heavy atom. The lowest BCUT2D eigenvalue weighted by atomic mass is 10.0. The van der Waals surface area contributed by atoms with Crippen molar-refractivity contribution >= 4 is 59.5 Å². The predicted molar refractivity (Wildman–Crippen MR) is 288 cm³/mol. The van der Waals surface area contributed by atoms with Gasteiger partial charge >= 0.3 is 0 Å². The van der Waals surface area contributed by atoms with Crippen LogP contribution < -0.4 is 0 Å². The molecule has 0 saturated heterocycles. The average Bonchev–Trinajstić information content (AvgIpc) is 3.98. The number of halogens is 1.